The van der Waals surface area contributed by atoms with Crippen LogP contribution in [0.5, 0.6) is 5.75 Å². The topological polar surface area (TPSA) is 110 Å². The Bertz CT molecular complexity index is 1350. The smallest absolute Gasteiger partial charge is 0.265 e. The molecule has 0 unspecified atom stereocenters. The molecular weight excluding hydrogens is 452 g/mol. The van der Waals surface area contributed by atoms with E-state index >= 15 is 0 Å². The number of carbonyl (C=O) groups excluding carboxylic acids is 1. The highest BCUT2D eigenvalue weighted by Gasteiger charge is 2.18. The molecule has 1 heterocycles. The molecule has 4 aromatic rings. The Morgan fingerprint density at radius 1 is 0.824 bits per heavy atom. The molecule has 8 nitrogen and oxygen atoms in total. The molecule has 3 aromatic carbocycles. The van der Waals surface area contributed by atoms with Crippen molar-refractivity contribution in [3.05, 3.63) is 97.3 Å². The van der Waals surface area contributed by atoms with Crippen molar-refractivity contribution >= 4 is 27.6 Å². The fraction of sp³-hybridized carbons (Fsp3) is 0.0800. The summed E-state index contributed by atoms with van der Waals surface area (Å²) in [4.78, 5) is 20.3. The number of rotatable bonds is 8. The Morgan fingerprint density at radius 2 is 1.44 bits per heavy atom. The van der Waals surface area contributed by atoms with Crippen LogP contribution in [0.4, 0.5) is 11.6 Å². The minimum atomic E-state index is -3.85. The first-order chi connectivity index (χ1) is 16.4. The number of aromatic nitrogens is 2. The van der Waals surface area contributed by atoms with Crippen LogP contribution in [0.3, 0.4) is 0 Å². The third-order valence-corrected chi connectivity index (χ3v) is 6.21. The molecule has 1 amide bonds. The second-order valence-corrected chi connectivity index (χ2v) is 9.02. The third-order valence-electron chi connectivity index (χ3n) is 4.87. The number of anilines is 2. The van der Waals surface area contributed by atoms with E-state index in [4.69, 9.17) is 4.74 Å². The molecule has 34 heavy (non-hydrogen) atoms. The van der Waals surface area contributed by atoms with Crippen molar-refractivity contribution in [1.82, 2.24) is 9.97 Å². The first kappa shape index (κ1) is 22.9. The number of ether oxygens (including phenoxy) is 1. The minimum Gasteiger partial charge on any atom is -0.481 e. The van der Waals surface area contributed by atoms with Crippen LogP contribution in [0.25, 0.3) is 11.1 Å². The molecule has 1 aromatic heterocycles. The van der Waals surface area contributed by atoms with Gasteiger partial charge in [0.1, 0.15) is 5.75 Å². The van der Waals surface area contributed by atoms with E-state index < -0.39 is 16.1 Å². The van der Waals surface area contributed by atoms with E-state index in [1.807, 2.05) is 54.6 Å². The van der Waals surface area contributed by atoms with E-state index in [9.17, 15) is 13.2 Å². The largest absolute Gasteiger partial charge is 0.481 e. The second-order valence-electron chi connectivity index (χ2n) is 7.34. The summed E-state index contributed by atoms with van der Waals surface area (Å²) in [7, 11) is -3.85. The third kappa shape index (κ3) is 5.76. The number of hydrogen-bond donors (Lipinski definition) is 2. The maximum atomic E-state index is 12.5. The monoisotopic (exact) mass is 474 g/mol. The number of sulfonamides is 1. The predicted molar refractivity (Wildman–Crippen MR) is 130 cm³/mol. The quantitative estimate of drug-likeness (QED) is 0.393. The van der Waals surface area contributed by atoms with Gasteiger partial charge in [0.05, 0.1) is 4.90 Å². The number of amides is 1. The molecule has 0 spiro atoms. The van der Waals surface area contributed by atoms with E-state index in [0.29, 0.717) is 11.4 Å². The van der Waals surface area contributed by atoms with Crippen LogP contribution in [-0.4, -0.2) is 30.4 Å². The van der Waals surface area contributed by atoms with Crippen molar-refractivity contribution in [3.63, 3.8) is 0 Å². The van der Waals surface area contributed by atoms with Gasteiger partial charge in [-0.05, 0) is 60.5 Å². The van der Waals surface area contributed by atoms with Crippen LogP contribution in [0.2, 0.25) is 0 Å². The Labute approximate surface area is 197 Å². The average molecular weight is 475 g/mol. The lowest BCUT2D eigenvalue weighted by molar-refractivity contribution is -0.122. The van der Waals surface area contributed by atoms with E-state index in [1.54, 1.807) is 13.0 Å². The fourth-order valence-corrected chi connectivity index (χ4v) is 4.06. The zero-order valence-corrected chi connectivity index (χ0v) is 19.1. The lowest BCUT2D eigenvalue weighted by atomic mass is 10.1. The van der Waals surface area contributed by atoms with Gasteiger partial charge in [0, 0.05) is 18.1 Å². The van der Waals surface area contributed by atoms with Gasteiger partial charge in [-0.2, -0.15) is 0 Å². The molecule has 0 radical (unpaired) electrons. The highest BCUT2D eigenvalue weighted by Crippen LogP contribution is 2.23. The first-order valence-corrected chi connectivity index (χ1v) is 11.9. The summed E-state index contributed by atoms with van der Waals surface area (Å²) in [6.45, 7) is 1.64. The van der Waals surface area contributed by atoms with E-state index in [1.165, 1.54) is 36.7 Å². The normalized spacial score (nSPS) is 11.9. The molecule has 172 valence electrons. The highest BCUT2D eigenvalue weighted by atomic mass is 32.2. The lowest BCUT2D eigenvalue weighted by Gasteiger charge is -2.15. The standard InChI is InChI=1S/C25H22N4O4S/c1-18(33-22-12-8-20(9-13-22)19-6-3-2-4-7-19)24(30)28-21-10-14-23(15-11-21)34(31,32)29-25-26-16-5-17-27-25/h2-18H,1H3,(H,28,30)(H,26,27,29)/t18-/m0/s1. The average Bonchev–Trinajstić information content (AvgIpc) is 2.86. The Balaban J connectivity index is 1.35. The SMILES string of the molecule is C[C@H](Oc1ccc(-c2ccccc2)cc1)C(=O)Nc1ccc(S(=O)(=O)Nc2ncccn2)cc1. The van der Waals surface area contributed by atoms with Gasteiger partial charge in [0.25, 0.3) is 15.9 Å². The Kier molecular flexibility index (Phi) is 6.84. The zero-order valence-electron chi connectivity index (χ0n) is 18.3. The van der Waals surface area contributed by atoms with Crippen LogP contribution in [0.1, 0.15) is 6.92 Å². The summed E-state index contributed by atoms with van der Waals surface area (Å²) in [5, 5.41) is 2.72. The summed E-state index contributed by atoms with van der Waals surface area (Å²) >= 11 is 0. The van der Waals surface area contributed by atoms with E-state index in [0.717, 1.165) is 11.1 Å². The molecule has 0 saturated carbocycles. The van der Waals surface area contributed by atoms with Crippen LogP contribution >= 0.6 is 0 Å². The van der Waals surface area contributed by atoms with Crippen molar-refractivity contribution in [2.75, 3.05) is 10.0 Å². The molecule has 1 atom stereocenters. The Morgan fingerprint density at radius 3 is 2.09 bits per heavy atom. The molecule has 2 N–H and O–H groups in total. The fourth-order valence-electron chi connectivity index (χ4n) is 3.11. The van der Waals surface area contributed by atoms with Crippen LogP contribution in [0, 0.1) is 0 Å². The maximum absolute atomic E-state index is 12.5. The second kappa shape index (κ2) is 10.1. The number of benzene rings is 3. The first-order valence-electron chi connectivity index (χ1n) is 10.4. The van der Waals surface area contributed by atoms with Gasteiger partial charge in [-0.1, -0.05) is 42.5 Å². The molecule has 9 heteroatoms. The molecular formula is C25H22N4O4S. The van der Waals surface area contributed by atoms with Crippen LogP contribution < -0.4 is 14.8 Å². The predicted octanol–water partition coefficient (Wildman–Crippen LogP) is 4.35. The van der Waals surface area contributed by atoms with Gasteiger partial charge in [-0.15, -0.1) is 0 Å². The zero-order chi connectivity index (χ0) is 24.0. The molecule has 0 aliphatic rings. The van der Waals surface area contributed by atoms with Crippen molar-refractivity contribution in [2.24, 2.45) is 0 Å². The minimum absolute atomic E-state index is 0.0146. The Hall–Kier alpha value is -4.24. The van der Waals surface area contributed by atoms with Gasteiger partial charge in [0.15, 0.2) is 6.10 Å². The molecule has 0 fully saturated rings. The maximum Gasteiger partial charge on any atom is 0.265 e. The summed E-state index contributed by atoms with van der Waals surface area (Å²) in [5.41, 5.74) is 2.58. The van der Waals surface area contributed by atoms with Crippen molar-refractivity contribution in [2.45, 2.75) is 17.9 Å². The number of nitrogens with zero attached hydrogens (tertiary/aromatic N) is 2. The van der Waals surface area contributed by atoms with Crippen molar-refractivity contribution in [1.29, 1.82) is 0 Å². The number of carbonyl (C=O) groups is 1. The lowest BCUT2D eigenvalue weighted by Crippen LogP contribution is -2.30. The summed E-state index contributed by atoms with van der Waals surface area (Å²) in [6, 6.07) is 24.8. The molecule has 0 aliphatic carbocycles. The molecule has 4 rings (SSSR count). The van der Waals surface area contributed by atoms with Gasteiger partial charge in [-0.25, -0.2) is 23.1 Å². The molecule has 0 saturated heterocycles. The summed E-state index contributed by atoms with van der Waals surface area (Å²) in [6.07, 6.45) is 2.11. The number of nitrogens with one attached hydrogen (secondary N) is 2. The van der Waals surface area contributed by atoms with Gasteiger partial charge in [-0.3, -0.25) is 4.79 Å². The number of hydrogen-bond acceptors (Lipinski definition) is 6. The van der Waals surface area contributed by atoms with Crippen molar-refractivity contribution < 1.29 is 17.9 Å². The summed E-state index contributed by atoms with van der Waals surface area (Å²) < 4.78 is 33.0. The van der Waals surface area contributed by atoms with E-state index in [2.05, 4.69) is 20.0 Å². The van der Waals surface area contributed by atoms with Crippen molar-refractivity contribution in [3.8, 4) is 16.9 Å². The van der Waals surface area contributed by atoms with Gasteiger partial charge < -0.3 is 10.1 Å². The van der Waals surface area contributed by atoms with Crippen LogP contribution in [0.15, 0.2) is 102 Å². The molecule has 0 aliphatic heterocycles. The highest BCUT2D eigenvalue weighted by molar-refractivity contribution is 7.92. The van der Waals surface area contributed by atoms with Crippen LogP contribution in [-0.2, 0) is 14.8 Å². The molecule has 0 bridgehead atoms. The summed E-state index contributed by atoms with van der Waals surface area (Å²) in [5.74, 6) is 0.180. The van der Waals surface area contributed by atoms with Gasteiger partial charge >= 0.3 is 0 Å². The van der Waals surface area contributed by atoms with E-state index in [-0.39, 0.29) is 16.8 Å². The van der Waals surface area contributed by atoms with Gasteiger partial charge in [0.2, 0.25) is 5.95 Å².